The van der Waals surface area contributed by atoms with E-state index in [1.807, 2.05) is 70.6 Å². The van der Waals surface area contributed by atoms with Crippen LogP contribution in [-0.4, -0.2) is 26.7 Å². The maximum Gasteiger partial charge on any atom is 0.190 e. The normalized spacial score (nSPS) is 18.7. The van der Waals surface area contributed by atoms with Crippen molar-refractivity contribution < 1.29 is 9.47 Å². The van der Waals surface area contributed by atoms with Crippen LogP contribution in [0.4, 0.5) is 0 Å². The van der Waals surface area contributed by atoms with Crippen LogP contribution in [0.15, 0.2) is 29.7 Å². The standard InChI is InChI=1S/C17H13NO2S9/c1-19-10-7(23-8(6-18)11(10)20-2)5-9-24-14-15(25-9)29-17(28-14)16-26-12(21-3)13(22-4)27-16/h5H,1-4H3. The molecule has 0 atom stereocenters. The molecule has 0 saturated heterocycles. The number of methoxy groups -OCH3 is 2. The van der Waals surface area contributed by atoms with Crippen molar-refractivity contribution in [2.24, 2.45) is 0 Å². The molecule has 4 rings (SSSR count). The molecule has 0 aromatic carbocycles. The summed E-state index contributed by atoms with van der Waals surface area (Å²) in [4.78, 5) is 1.46. The molecule has 0 amide bonds. The molecule has 3 aliphatic rings. The van der Waals surface area contributed by atoms with Gasteiger partial charge in [-0.15, -0.1) is 34.9 Å². The van der Waals surface area contributed by atoms with Gasteiger partial charge >= 0.3 is 0 Å². The second-order valence-electron chi connectivity index (χ2n) is 5.18. The van der Waals surface area contributed by atoms with Gasteiger partial charge in [-0.2, -0.15) is 5.26 Å². The minimum atomic E-state index is 0.521. The van der Waals surface area contributed by atoms with Crippen molar-refractivity contribution in [2.45, 2.75) is 0 Å². The molecule has 0 N–H and O–H groups in total. The molecular weight excluding hydrogens is 539 g/mol. The first-order chi connectivity index (χ1) is 14.1. The van der Waals surface area contributed by atoms with Gasteiger partial charge in [0.2, 0.25) is 0 Å². The SMILES string of the molecule is COc1c(C#N)sc(C=C2SC3=C(S2)SC(=C2SC(SC)=C(SC)S2)S3)c1OC. The van der Waals surface area contributed by atoms with Gasteiger partial charge in [-0.1, -0.05) is 70.6 Å². The van der Waals surface area contributed by atoms with E-state index in [1.54, 1.807) is 37.7 Å². The van der Waals surface area contributed by atoms with Crippen molar-refractivity contribution in [3.63, 3.8) is 0 Å². The van der Waals surface area contributed by atoms with E-state index in [0.29, 0.717) is 16.4 Å². The first kappa shape index (κ1) is 22.7. The molecule has 0 radical (unpaired) electrons. The monoisotopic (exact) mass is 551 g/mol. The molecule has 1 aromatic rings. The van der Waals surface area contributed by atoms with Gasteiger partial charge in [-0.05, 0) is 18.6 Å². The summed E-state index contributed by atoms with van der Waals surface area (Å²) in [7, 11) is 3.18. The third-order valence-electron chi connectivity index (χ3n) is 3.61. The van der Waals surface area contributed by atoms with Crippen molar-refractivity contribution in [1.29, 1.82) is 5.26 Å². The number of thioether (sulfide) groups is 8. The van der Waals surface area contributed by atoms with Gasteiger partial charge < -0.3 is 9.47 Å². The van der Waals surface area contributed by atoms with E-state index in [0.717, 1.165) is 4.88 Å². The minimum absolute atomic E-state index is 0.521. The first-order valence-corrected chi connectivity index (χ1v) is 16.0. The second-order valence-corrected chi connectivity index (χ2v) is 15.9. The van der Waals surface area contributed by atoms with E-state index in [9.17, 15) is 5.26 Å². The maximum absolute atomic E-state index is 9.34. The summed E-state index contributed by atoms with van der Waals surface area (Å²) >= 11 is 16.2. The number of ether oxygens (including phenoxy) is 2. The van der Waals surface area contributed by atoms with Crippen LogP contribution >= 0.6 is 105 Å². The van der Waals surface area contributed by atoms with E-state index >= 15 is 0 Å². The molecule has 0 bridgehead atoms. The minimum Gasteiger partial charge on any atom is -0.491 e. The fourth-order valence-corrected chi connectivity index (χ4v) is 15.1. The van der Waals surface area contributed by atoms with Crippen molar-refractivity contribution in [1.82, 2.24) is 0 Å². The third-order valence-corrected chi connectivity index (χ3v) is 15.8. The van der Waals surface area contributed by atoms with Crippen molar-refractivity contribution in [3.05, 3.63) is 39.4 Å². The van der Waals surface area contributed by atoms with Crippen LogP contribution in [0.3, 0.4) is 0 Å². The predicted octanol–water partition coefficient (Wildman–Crippen LogP) is 8.48. The van der Waals surface area contributed by atoms with Gasteiger partial charge in [0.05, 0.1) is 48.8 Å². The lowest BCUT2D eigenvalue weighted by molar-refractivity contribution is 0.357. The molecule has 0 unspecified atom stereocenters. The van der Waals surface area contributed by atoms with Gasteiger partial charge in [0.1, 0.15) is 6.07 Å². The van der Waals surface area contributed by atoms with Crippen LogP contribution in [0.5, 0.6) is 11.5 Å². The summed E-state index contributed by atoms with van der Waals surface area (Å²) in [6.07, 6.45) is 6.40. The van der Waals surface area contributed by atoms with Crippen LogP contribution in [0.25, 0.3) is 6.08 Å². The lowest BCUT2D eigenvalue weighted by Crippen LogP contribution is -1.88. The van der Waals surface area contributed by atoms with Gasteiger partial charge in [-0.3, -0.25) is 0 Å². The van der Waals surface area contributed by atoms with Gasteiger partial charge in [0.15, 0.2) is 16.4 Å². The molecule has 29 heavy (non-hydrogen) atoms. The Balaban J connectivity index is 1.49. The van der Waals surface area contributed by atoms with E-state index < -0.39 is 0 Å². The Bertz CT molecular complexity index is 988. The van der Waals surface area contributed by atoms with Gasteiger partial charge in [0, 0.05) is 0 Å². The largest absolute Gasteiger partial charge is 0.491 e. The lowest BCUT2D eigenvalue weighted by Gasteiger charge is -2.06. The van der Waals surface area contributed by atoms with Crippen LogP contribution in [0.2, 0.25) is 0 Å². The molecule has 12 heteroatoms. The summed E-state index contributed by atoms with van der Waals surface area (Å²) in [6, 6.07) is 2.19. The molecule has 3 nitrogen and oxygen atoms in total. The Hall–Kier alpha value is 0.550. The summed E-state index contributed by atoms with van der Waals surface area (Å²) in [5.74, 6) is 1.16. The summed E-state index contributed by atoms with van der Waals surface area (Å²) in [5, 5.41) is 9.34. The number of thiophene rings is 1. The van der Waals surface area contributed by atoms with Crippen LogP contribution in [0.1, 0.15) is 9.75 Å². The Morgan fingerprint density at radius 2 is 1.31 bits per heavy atom. The van der Waals surface area contributed by atoms with Crippen LogP contribution < -0.4 is 9.47 Å². The Kier molecular flexibility index (Phi) is 7.84. The quantitative estimate of drug-likeness (QED) is 0.354. The van der Waals surface area contributed by atoms with Crippen LogP contribution in [-0.2, 0) is 0 Å². The number of hydrogen-bond donors (Lipinski definition) is 0. The average molecular weight is 552 g/mol. The summed E-state index contributed by atoms with van der Waals surface area (Å²) in [6.45, 7) is 0. The number of nitriles is 1. The van der Waals surface area contributed by atoms with Gasteiger partial charge in [0.25, 0.3) is 0 Å². The Morgan fingerprint density at radius 3 is 1.79 bits per heavy atom. The highest BCUT2D eigenvalue weighted by molar-refractivity contribution is 8.49. The van der Waals surface area contributed by atoms with Crippen molar-refractivity contribution >= 4 is 112 Å². The molecular formula is C17H13NO2S9. The van der Waals surface area contributed by atoms with Crippen molar-refractivity contribution in [3.8, 4) is 17.6 Å². The number of hydrogen-bond acceptors (Lipinski definition) is 12. The van der Waals surface area contributed by atoms with E-state index in [4.69, 9.17) is 9.47 Å². The fraction of sp³-hybridized carbons (Fsp3) is 0.235. The summed E-state index contributed by atoms with van der Waals surface area (Å²) in [5.41, 5.74) is 0. The maximum atomic E-state index is 9.34. The predicted molar refractivity (Wildman–Crippen MR) is 144 cm³/mol. The molecule has 4 heterocycles. The van der Waals surface area contributed by atoms with Gasteiger partial charge in [-0.25, -0.2) is 0 Å². The molecule has 0 aliphatic carbocycles. The topological polar surface area (TPSA) is 42.2 Å². The smallest absolute Gasteiger partial charge is 0.190 e. The highest BCUT2D eigenvalue weighted by Crippen LogP contribution is 2.70. The zero-order chi connectivity index (χ0) is 20.5. The van der Waals surface area contributed by atoms with E-state index in [2.05, 4.69) is 24.7 Å². The van der Waals surface area contributed by atoms with E-state index in [-0.39, 0.29) is 0 Å². The summed E-state index contributed by atoms with van der Waals surface area (Å²) < 4.78 is 20.4. The first-order valence-electron chi connectivity index (χ1n) is 7.86. The van der Waals surface area contributed by atoms with Crippen molar-refractivity contribution in [2.75, 3.05) is 26.7 Å². The molecule has 0 saturated carbocycles. The highest BCUT2D eigenvalue weighted by atomic mass is 32.3. The molecule has 152 valence electrons. The second kappa shape index (κ2) is 10.0. The Labute approximate surface area is 208 Å². The van der Waals surface area contributed by atoms with E-state index in [1.165, 1.54) is 41.0 Å². The zero-order valence-corrected chi connectivity index (χ0v) is 22.9. The zero-order valence-electron chi connectivity index (χ0n) is 15.5. The Morgan fingerprint density at radius 1 is 0.793 bits per heavy atom. The number of nitrogens with zero attached hydrogens (tertiary/aromatic N) is 1. The third kappa shape index (κ3) is 4.54. The lowest BCUT2D eigenvalue weighted by atomic mass is 10.3. The fourth-order valence-electron chi connectivity index (χ4n) is 2.42. The highest BCUT2D eigenvalue weighted by Gasteiger charge is 2.34. The molecule has 0 fully saturated rings. The van der Waals surface area contributed by atoms with Crippen LogP contribution in [0, 0.1) is 11.3 Å². The number of rotatable bonds is 5. The molecule has 0 spiro atoms. The average Bonchev–Trinajstić information content (AvgIpc) is 3.47. The molecule has 1 aromatic heterocycles. The molecule has 3 aliphatic heterocycles.